The minimum atomic E-state index is -1.31. The van der Waals surface area contributed by atoms with E-state index in [1.54, 1.807) is 18.2 Å². The molecule has 0 saturated carbocycles. The van der Waals surface area contributed by atoms with Crippen LogP contribution in [0.3, 0.4) is 0 Å². The highest BCUT2D eigenvalue weighted by Gasteiger charge is 2.14. The summed E-state index contributed by atoms with van der Waals surface area (Å²) in [4.78, 5) is 10.9. The average Bonchev–Trinajstić information content (AvgIpc) is 2.93. The van der Waals surface area contributed by atoms with Gasteiger partial charge in [0.1, 0.15) is 18.2 Å². The van der Waals surface area contributed by atoms with Crippen molar-refractivity contribution in [2.24, 2.45) is 0 Å². The summed E-state index contributed by atoms with van der Waals surface area (Å²) >= 11 is 0. The van der Waals surface area contributed by atoms with E-state index in [9.17, 15) is 9.18 Å². The Morgan fingerprint density at radius 1 is 1.19 bits per heavy atom. The zero-order valence-electron chi connectivity index (χ0n) is 10.8. The number of carboxylic acid groups (broad SMARTS) is 1. The molecular weight excluding hydrogens is 279 g/mol. The zero-order chi connectivity index (χ0) is 14.8. The van der Waals surface area contributed by atoms with Crippen LogP contribution in [0.1, 0.15) is 15.9 Å². The summed E-state index contributed by atoms with van der Waals surface area (Å²) in [7, 11) is 0. The highest BCUT2D eigenvalue weighted by molar-refractivity contribution is 5.88. The second-order valence-corrected chi connectivity index (χ2v) is 4.42. The Labute approximate surface area is 119 Å². The molecular formula is C15H11FO5. The smallest absolute Gasteiger partial charge is 0.338 e. The molecule has 0 spiro atoms. The van der Waals surface area contributed by atoms with Crippen LogP contribution in [0.25, 0.3) is 0 Å². The Morgan fingerprint density at radius 2 is 2.00 bits per heavy atom. The van der Waals surface area contributed by atoms with Crippen molar-refractivity contribution in [2.45, 2.75) is 6.61 Å². The van der Waals surface area contributed by atoms with Crippen molar-refractivity contribution in [1.82, 2.24) is 0 Å². The maximum atomic E-state index is 13.3. The monoisotopic (exact) mass is 290 g/mol. The van der Waals surface area contributed by atoms with Gasteiger partial charge in [-0.3, -0.25) is 0 Å². The van der Waals surface area contributed by atoms with E-state index in [1.807, 2.05) is 0 Å². The number of carbonyl (C=O) groups is 1. The van der Waals surface area contributed by atoms with Gasteiger partial charge in [-0.15, -0.1) is 0 Å². The third-order valence-electron chi connectivity index (χ3n) is 3.01. The number of aromatic carboxylic acids is 1. The second-order valence-electron chi connectivity index (χ2n) is 4.42. The standard InChI is InChI=1S/C15H11FO5/c16-12-3-1-9(5-11(12)15(17)18)7-19-10-2-4-13-14(6-10)21-8-20-13/h1-6H,7-8H2,(H,17,18). The molecule has 1 aliphatic heterocycles. The summed E-state index contributed by atoms with van der Waals surface area (Å²) < 4.78 is 29.2. The Bertz CT molecular complexity index is 698. The molecule has 1 heterocycles. The van der Waals surface area contributed by atoms with Crippen molar-refractivity contribution in [3.63, 3.8) is 0 Å². The summed E-state index contributed by atoms with van der Waals surface area (Å²) in [6.45, 7) is 0.304. The Morgan fingerprint density at radius 3 is 2.81 bits per heavy atom. The minimum Gasteiger partial charge on any atom is -0.489 e. The fourth-order valence-corrected chi connectivity index (χ4v) is 1.96. The molecule has 0 radical (unpaired) electrons. The molecule has 5 nitrogen and oxygen atoms in total. The van der Waals surface area contributed by atoms with E-state index >= 15 is 0 Å². The Kier molecular flexibility index (Phi) is 3.35. The highest BCUT2D eigenvalue weighted by atomic mass is 19.1. The number of ether oxygens (including phenoxy) is 3. The first-order chi connectivity index (χ1) is 10.1. The summed E-state index contributed by atoms with van der Waals surface area (Å²) in [5.74, 6) is -0.276. The van der Waals surface area contributed by atoms with E-state index in [4.69, 9.17) is 19.3 Å². The Hall–Kier alpha value is -2.76. The second kappa shape index (κ2) is 5.32. The molecule has 0 aromatic heterocycles. The van der Waals surface area contributed by atoms with Gasteiger partial charge in [0.25, 0.3) is 0 Å². The number of carboxylic acids is 1. The molecule has 0 amide bonds. The van der Waals surface area contributed by atoms with Gasteiger partial charge in [-0.2, -0.15) is 0 Å². The lowest BCUT2D eigenvalue weighted by molar-refractivity contribution is 0.0691. The van der Waals surface area contributed by atoms with Crippen molar-refractivity contribution >= 4 is 5.97 Å². The summed E-state index contributed by atoms with van der Waals surface area (Å²) in [5, 5.41) is 8.87. The molecule has 1 N–H and O–H groups in total. The normalized spacial score (nSPS) is 12.2. The summed E-state index contributed by atoms with van der Waals surface area (Å²) in [5.41, 5.74) is 0.188. The van der Waals surface area contributed by atoms with Gasteiger partial charge in [0.05, 0.1) is 5.56 Å². The number of hydrogen-bond acceptors (Lipinski definition) is 4. The van der Waals surface area contributed by atoms with Crippen LogP contribution < -0.4 is 14.2 Å². The van der Waals surface area contributed by atoms with Crippen LogP contribution in [0.2, 0.25) is 0 Å². The molecule has 0 atom stereocenters. The van der Waals surface area contributed by atoms with Crippen molar-refractivity contribution in [3.8, 4) is 17.2 Å². The SMILES string of the molecule is O=C(O)c1cc(COc2ccc3c(c2)OCO3)ccc1F. The third kappa shape index (κ3) is 2.74. The third-order valence-corrected chi connectivity index (χ3v) is 3.01. The maximum absolute atomic E-state index is 13.3. The quantitative estimate of drug-likeness (QED) is 0.938. The van der Waals surface area contributed by atoms with E-state index in [2.05, 4.69) is 0 Å². The van der Waals surface area contributed by atoms with Crippen LogP contribution in [-0.4, -0.2) is 17.9 Å². The maximum Gasteiger partial charge on any atom is 0.338 e. The Balaban J connectivity index is 1.73. The minimum absolute atomic E-state index is 0.125. The van der Waals surface area contributed by atoms with E-state index in [-0.39, 0.29) is 19.0 Å². The van der Waals surface area contributed by atoms with Crippen LogP contribution in [0.4, 0.5) is 4.39 Å². The van der Waals surface area contributed by atoms with E-state index in [0.717, 1.165) is 6.07 Å². The van der Waals surface area contributed by atoms with Gasteiger partial charge in [-0.05, 0) is 29.8 Å². The van der Waals surface area contributed by atoms with E-state index < -0.39 is 11.8 Å². The summed E-state index contributed by atoms with van der Waals surface area (Å²) in [6, 6.07) is 8.98. The fraction of sp³-hybridized carbons (Fsp3) is 0.133. The lowest BCUT2D eigenvalue weighted by Gasteiger charge is -2.08. The number of rotatable bonds is 4. The van der Waals surface area contributed by atoms with Crippen LogP contribution in [0, 0.1) is 5.82 Å². The molecule has 21 heavy (non-hydrogen) atoms. The number of benzene rings is 2. The van der Waals surface area contributed by atoms with Crippen molar-refractivity contribution in [2.75, 3.05) is 6.79 Å². The lowest BCUT2D eigenvalue weighted by Crippen LogP contribution is -2.03. The van der Waals surface area contributed by atoms with E-state index in [1.165, 1.54) is 12.1 Å². The zero-order valence-corrected chi connectivity index (χ0v) is 10.8. The van der Waals surface area contributed by atoms with Crippen LogP contribution in [0.15, 0.2) is 36.4 Å². The van der Waals surface area contributed by atoms with Crippen LogP contribution in [0.5, 0.6) is 17.2 Å². The largest absolute Gasteiger partial charge is 0.489 e. The van der Waals surface area contributed by atoms with Crippen LogP contribution in [-0.2, 0) is 6.61 Å². The lowest BCUT2D eigenvalue weighted by atomic mass is 10.1. The van der Waals surface area contributed by atoms with Gasteiger partial charge < -0.3 is 19.3 Å². The van der Waals surface area contributed by atoms with Gasteiger partial charge in [-0.1, -0.05) is 6.07 Å². The molecule has 0 saturated heterocycles. The topological polar surface area (TPSA) is 65.0 Å². The molecule has 3 rings (SSSR count). The van der Waals surface area contributed by atoms with E-state index in [0.29, 0.717) is 22.8 Å². The van der Waals surface area contributed by atoms with Gasteiger partial charge in [0.2, 0.25) is 6.79 Å². The van der Waals surface area contributed by atoms with Crippen LogP contribution >= 0.6 is 0 Å². The van der Waals surface area contributed by atoms with Crippen molar-refractivity contribution < 1.29 is 28.5 Å². The van der Waals surface area contributed by atoms with Gasteiger partial charge >= 0.3 is 5.97 Å². The molecule has 0 aliphatic carbocycles. The predicted molar refractivity (Wildman–Crippen MR) is 70.3 cm³/mol. The summed E-state index contributed by atoms with van der Waals surface area (Å²) in [6.07, 6.45) is 0. The predicted octanol–water partition coefficient (Wildman–Crippen LogP) is 2.83. The fourth-order valence-electron chi connectivity index (χ4n) is 1.96. The molecule has 0 bridgehead atoms. The molecule has 6 heteroatoms. The highest BCUT2D eigenvalue weighted by Crippen LogP contribution is 2.35. The van der Waals surface area contributed by atoms with Crippen molar-refractivity contribution in [3.05, 3.63) is 53.3 Å². The van der Waals surface area contributed by atoms with Crippen molar-refractivity contribution in [1.29, 1.82) is 0 Å². The first-order valence-corrected chi connectivity index (χ1v) is 6.17. The molecule has 0 fully saturated rings. The van der Waals surface area contributed by atoms with Gasteiger partial charge in [-0.25, -0.2) is 9.18 Å². The molecule has 2 aromatic rings. The molecule has 2 aromatic carbocycles. The molecule has 1 aliphatic rings. The van der Waals surface area contributed by atoms with Gasteiger partial charge in [0, 0.05) is 6.07 Å². The number of hydrogen-bond donors (Lipinski definition) is 1. The first kappa shape index (κ1) is 13.2. The first-order valence-electron chi connectivity index (χ1n) is 6.17. The number of fused-ring (bicyclic) bond motifs is 1. The average molecular weight is 290 g/mol. The molecule has 0 unspecified atom stereocenters. The van der Waals surface area contributed by atoms with Gasteiger partial charge in [0.15, 0.2) is 11.5 Å². The molecule has 108 valence electrons. The number of halogens is 1.